The molecule has 3 aromatic rings. The predicted molar refractivity (Wildman–Crippen MR) is 108 cm³/mol. The summed E-state index contributed by atoms with van der Waals surface area (Å²) in [5, 5.41) is 1.18. The molecule has 1 aliphatic heterocycles. The second-order valence-corrected chi connectivity index (χ2v) is 7.65. The molecule has 1 aliphatic rings. The number of hydrogen-bond acceptors (Lipinski definition) is 2. The molecule has 29 heavy (non-hydrogen) atoms. The average Bonchev–Trinajstić information content (AvgIpc) is 2.98. The topological polar surface area (TPSA) is 17.4 Å². The molecular weight excluding hydrogens is 377 g/mol. The van der Waals surface area contributed by atoms with Gasteiger partial charge in [0, 0.05) is 24.5 Å². The molecule has 0 unspecified atom stereocenters. The minimum absolute atomic E-state index is 0.231. The first-order valence-electron chi connectivity index (χ1n) is 10.0. The van der Waals surface area contributed by atoms with Crippen LogP contribution in [0.2, 0.25) is 0 Å². The van der Waals surface area contributed by atoms with Crippen molar-refractivity contribution < 1.29 is 17.9 Å². The molecule has 0 radical (unpaired) electrons. The highest BCUT2D eigenvalue weighted by Crippen LogP contribution is 2.32. The summed E-state index contributed by atoms with van der Waals surface area (Å²) in [6.45, 7) is 3.23. The lowest BCUT2D eigenvalue weighted by molar-refractivity contribution is -0.137. The zero-order valence-electron chi connectivity index (χ0n) is 16.5. The summed E-state index contributed by atoms with van der Waals surface area (Å²) in [5.74, 6) is 0.231. The largest absolute Gasteiger partial charge is 0.487 e. The summed E-state index contributed by atoms with van der Waals surface area (Å²) in [6.07, 6.45) is -0.683. The van der Waals surface area contributed by atoms with Gasteiger partial charge >= 0.3 is 6.18 Å². The Bertz CT molecular complexity index is 987. The van der Waals surface area contributed by atoms with E-state index in [2.05, 4.69) is 21.6 Å². The van der Waals surface area contributed by atoms with Gasteiger partial charge in [0.05, 0.1) is 11.3 Å². The third kappa shape index (κ3) is 4.27. The highest BCUT2D eigenvalue weighted by atomic mass is 19.4. The maximum absolute atomic E-state index is 13.0. The molecule has 1 aromatic heterocycles. The van der Waals surface area contributed by atoms with Crippen molar-refractivity contribution in [3.05, 3.63) is 65.4 Å². The van der Waals surface area contributed by atoms with Crippen molar-refractivity contribution in [3.8, 4) is 5.75 Å². The number of para-hydroxylation sites is 1. The molecule has 0 N–H and O–H groups in total. The summed E-state index contributed by atoms with van der Waals surface area (Å²) in [4.78, 5) is 2.46. The van der Waals surface area contributed by atoms with Crippen LogP contribution in [0.15, 0.2) is 48.5 Å². The van der Waals surface area contributed by atoms with Crippen LogP contribution >= 0.6 is 0 Å². The van der Waals surface area contributed by atoms with Crippen LogP contribution in [0.1, 0.15) is 36.1 Å². The highest BCUT2D eigenvalue weighted by Gasteiger charge is 2.30. The summed E-state index contributed by atoms with van der Waals surface area (Å²) >= 11 is 0. The second kappa shape index (κ2) is 8.11. The second-order valence-electron chi connectivity index (χ2n) is 7.65. The van der Waals surface area contributed by atoms with E-state index in [0.29, 0.717) is 0 Å². The van der Waals surface area contributed by atoms with Gasteiger partial charge in [-0.25, -0.2) is 0 Å². The number of fused-ring (bicyclic) bond motifs is 1. The number of benzene rings is 2. The van der Waals surface area contributed by atoms with E-state index in [4.69, 9.17) is 4.74 Å². The molecule has 154 valence electrons. The Morgan fingerprint density at radius 3 is 2.48 bits per heavy atom. The van der Waals surface area contributed by atoms with Crippen molar-refractivity contribution in [1.29, 1.82) is 0 Å². The SMILES string of the molecule is Cn1c(COc2cccc(C(F)(F)F)c2)c(CN2CCCCC2)c2ccccc21. The van der Waals surface area contributed by atoms with Crippen molar-refractivity contribution in [2.45, 2.75) is 38.6 Å². The first-order valence-corrected chi connectivity index (χ1v) is 10.0. The van der Waals surface area contributed by atoms with E-state index in [1.165, 1.54) is 36.3 Å². The number of hydrogen-bond donors (Lipinski definition) is 0. The zero-order valence-corrected chi connectivity index (χ0v) is 16.5. The van der Waals surface area contributed by atoms with Crippen LogP contribution in [0.5, 0.6) is 5.75 Å². The fourth-order valence-electron chi connectivity index (χ4n) is 4.14. The van der Waals surface area contributed by atoms with E-state index in [1.807, 2.05) is 19.2 Å². The van der Waals surface area contributed by atoms with Crippen LogP contribution in [0.3, 0.4) is 0 Å². The van der Waals surface area contributed by atoms with Gasteiger partial charge in [-0.05, 0) is 55.8 Å². The van der Waals surface area contributed by atoms with Crippen LogP contribution in [-0.4, -0.2) is 22.6 Å². The van der Waals surface area contributed by atoms with Crippen molar-refractivity contribution in [2.24, 2.45) is 7.05 Å². The summed E-state index contributed by atoms with van der Waals surface area (Å²) in [5.41, 5.74) is 2.63. The highest BCUT2D eigenvalue weighted by molar-refractivity contribution is 5.85. The standard InChI is InChI=1S/C23H25F3N2O/c1-27-21-11-4-3-10-19(21)20(15-28-12-5-2-6-13-28)22(27)16-29-18-9-7-8-17(14-18)23(24,25)26/h3-4,7-11,14H,2,5-6,12-13,15-16H2,1H3. The Balaban J connectivity index is 1.62. The van der Waals surface area contributed by atoms with Gasteiger partial charge in [0.2, 0.25) is 0 Å². The molecule has 4 rings (SSSR count). The Kier molecular flexibility index (Phi) is 5.54. The predicted octanol–water partition coefficient (Wildman–Crippen LogP) is 5.76. The minimum atomic E-state index is -4.38. The Hall–Kier alpha value is -2.47. The third-order valence-corrected chi connectivity index (χ3v) is 5.71. The van der Waals surface area contributed by atoms with Crippen LogP contribution in [0.4, 0.5) is 13.2 Å². The zero-order chi connectivity index (χ0) is 20.4. The molecule has 2 heterocycles. The van der Waals surface area contributed by atoms with Gasteiger partial charge in [-0.15, -0.1) is 0 Å². The van der Waals surface area contributed by atoms with Crippen LogP contribution in [0.25, 0.3) is 10.9 Å². The summed E-state index contributed by atoms with van der Waals surface area (Å²) < 4.78 is 46.9. The molecule has 0 atom stereocenters. The first-order chi connectivity index (χ1) is 13.9. The van der Waals surface area contributed by atoms with Crippen molar-refractivity contribution >= 4 is 10.9 Å². The smallest absolute Gasteiger partial charge is 0.416 e. The molecule has 1 fully saturated rings. The van der Waals surface area contributed by atoms with Crippen LogP contribution < -0.4 is 4.74 Å². The van der Waals surface area contributed by atoms with E-state index >= 15 is 0 Å². The average molecular weight is 402 g/mol. The van der Waals surface area contributed by atoms with Gasteiger partial charge in [-0.3, -0.25) is 4.90 Å². The van der Waals surface area contributed by atoms with Crippen molar-refractivity contribution in [3.63, 3.8) is 0 Å². The molecular formula is C23H25F3N2O. The van der Waals surface area contributed by atoms with Crippen molar-refractivity contribution in [2.75, 3.05) is 13.1 Å². The summed E-state index contributed by atoms with van der Waals surface area (Å²) in [6, 6.07) is 13.3. The van der Waals surface area contributed by atoms with Gasteiger partial charge in [0.1, 0.15) is 12.4 Å². The van der Waals surface area contributed by atoms with Gasteiger partial charge < -0.3 is 9.30 Å². The number of rotatable bonds is 5. The lowest BCUT2D eigenvalue weighted by Crippen LogP contribution is -2.29. The van der Waals surface area contributed by atoms with Gasteiger partial charge in [0.25, 0.3) is 0 Å². The Morgan fingerprint density at radius 1 is 0.966 bits per heavy atom. The number of ether oxygens (including phenoxy) is 1. The van der Waals surface area contributed by atoms with E-state index in [-0.39, 0.29) is 12.4 Å². The fourth-order valence-corrected chi connectivity index (χ4v) is 4.14. The monoisotopic (exact) mass is 402 g/mol. The van der Waals surface area contributed by atoms with E-state index in [9.17, 15) is 13.2 Å². The van der Waals surface area contributed by atoms with Gasteiger partial charge in [0.15, 0.2) is 0 Å². The van der Waals surface area contributed by atoms with Gasteiger partial charge in [-0.2, -0.15) is 13.2 Å². The maximum atomic E-state index is 13.0. The number of aromatic nitrogens is 1. The molecule has 0 amide bonds. The number of likely N-dealkylation sites (tertiary alicyclic amines) is 1. The number of alkyl halides is 3. The fraction of sp³-hybridized carbons (Fsp3) is 0.391. The number of halogens is 3. The minimum Gasteiger partial charge on any atom is -0.487 e. The van der Waals surface area contributed by atoms with Gasteiger partial charge in [-0.1, -0.05) is 30.7 Å². The molecule has 6 heteroatoms. The number of aryl methyl sites for hydroxylation is 1. The molecule has 2 aromatic carbocycles. The molecule has 0 spiro atoms. The van der Waals surface area contributed by atoms with E-state index in [1.54, 1.807) is 6.07 Å². The van der Waals surface area contributed by atoms with E-state index in [0.717, 1.165) is 43.0 Å². The summed E-state index contributed by atoms with van der Waals surface area (Å²) in [7, 11) is 1.99. The maximum Gasteiger partial charge on any atom is 0.416 e. The number of nitrogens with zero attached hydrogens (tertiary/aromatic N) is 2. The lowest BCUT2D eigenvalue weighted by atomic mass is 10.1. The molecule has 3 nitrogen and oxygen atoms in total. The number of piperidine rings is 1. The van der Waals surface area contributed by atoms with Crippen LogP contribution in [-0.2, 0) is 26.4 Å². The lowest BCUT2D eigenvalue weighted by Gasteiger charge is -2.26. The normalized spacial score (nSPS) is 15.7. The third-order valence-electron chi connectivity index (χ3n) is 5.71. The Labute approximate surface area is 168 Å². The molecule has 0 bridgehead atoms. The Morgan fingerprint density at radius 2 is 1.72 bits per heavy atom. The van der Waals surface area contributed by atoms with Crippen LogP contribution in [0, 0.1) is 0 Å². The molecule has 0 saturated carbocycles. The molecule has 0 aliphatic carbocycles. The quantitative estimate of drug-likeness (QED) is 0.540. The molecule has 1 saturated heterocycles. The van der Waals surface area contributed by atoms with Crippen molar-refractivity contribution in [1.82, 2.24) is 9.47 Å². The first kappa shape index (κ1) is 19.8. The van der Waals surface area contributed by atoms with E-state index < -0.39 is 11.7 Å².